The maximum Gasteiger partial charge on any atom is 0.335 e. The van der Waals surface area contributed by atoms with Crippen LogP contribution in [0.4, 0.5) is 0 Å². The van der Waals surface area contributed by atoms with Crippen molar-refractivity contribution in [3.8, 4) is 0 Å². The summed E-state index contributed by atoms with van der Waals surface area (Å²) in [7, 11) is 0. The number of aromatic carboxylic acids is 1. The molecule has 0 radical (unpaired) electrons. The van der Waals surface area contributed by atoms with Crippen LogP contribution >= 0.6 is 0 Å². The number of carboxylic acid groups (broad SMARTS) is 1. The molecule has 0 fully saturated rings. The summed E-state index contributed by atoms with van der Waals surface area (Å²) in [6.07, 6.45) is 2.04. The molecule has 1 rings (SSSR count). The van der Waals surface area contributed by atoms with Crippen LogP contribution in [0.15, 0.2) is 18.2 Å². The van der Waals surface area contributed by atoms with E-state index in [2.05, 4.69) is 33.8 Å². The van der Waals surface area contributed by atoms with E-state index in [1.54, 1.807) is 6.07 Å². The molecule has 1 N–H and O–H groups in total. The van der Waals surface area contributed by atoms with Crippen molar-refractivity contribution in [2.45, 2.75) is 52.4 Å². The molecule has 0 aliphatic rings. The van der Waals surface area contributed by atoms with Crippen molar-refractivity contribution in [3.05, 3.63) is 34.9 Å². The third kappa shape index (κ3) is 3.99. The molecular weight excluding hydrogens is 236 g/mol. The Bertz CT molecular complexity index is 401. The monoisotopic (exact) mass is 260 g/mol. The molecule has 0 amide bonds. The van der Waals surface area contributed by atoms with Crippen LogP contribution in [-0.4, -0.2) is 34.1 Å². The van der Waals surface area contributed by atoms with Crippen molar-refractivity contribution in [1.82, 2.24) is 0 Å². The third-order valence-electron chi connectivity index (χ3n) is 3.63. The fourth-order valence-corrected chi connectivity index (χ4v) is 1.95. The minimum atomic E-state index is -0.823. The highest BCUT2D eigenvalue weighted by Gasteiger charge is 2.16. The van der Waals surface area contributed by atoms with Gasteiger partial charge in [0.05, 0.1) is 5.56 Å². The first kappa shape index (κ1) is 17.5. The van der Waals surface area contributed by atoms with E-state index in [1.807, 2.05) is 6.07 Å². The van der Waals surface area contributed by atoms with Gasteiger partial charge in [-0.15, -0.1) is 0 Å². The number of carboxylic acids is 1. The summed E-state index contributed by atoms with van der Waals surface area (Å²) in [6.45, 7) is 8.50. The van der Waals surface area contributed by atoms with Crippen LogP contribution in [0.2, 0.25) is 0 Å². The summed E-state index contributed by atoms with van der Waals surface area (Å²) in [6, 6.07) is 5.78. The number of hydrogen-bond acceptors (Lipinski definition) is 1. The van der Waals surface area contributed by atoms with Gasteiger partial charge in [-0.3, -0.25) is 0 Å². The molecular formula is C15H24MgO2. The van der Waals surface area contributed by atoms with Crippen molar-refractivity contribution in [2.75, 3.05) is 0 Å². The van der Waals surface area contributed by atoms with Crippen LogP contribution < -0.4 is 0 Å². The molecule has 2 atom stereocenters. The van der Waals surface area contributed by atoms with Gasteiger partial charge in [-0.25, -0.2) is 4.79 Å². The van der Waals surface area contributed by atoms with Gasteiger partial charge in [0.25, 0.3) is 0 Å². The largest absolute Gasteiger partial charge is 0.478 e. The van der Waals surface area contributed by atoms with E-state index in [-0.39, 0.29) is 23.1 Å². The van der Waals surface area contributed by atoms with Gasteiger partial charge in [0, 0.05) is 0 Å². The fraction of sp³-hybridized carbons (Fsp3) is 0.533. The van der Waals surface area contributed by atoms with E-state index in [1.165, 1.54) is 5.56 Å². The molecule has 0 saturated heterocycles. The Morgan fingerprint density at radius 3 is 2.17 bits per heavy atom. The SMILES string of the molecule is CCC(C)c1ccc(C(=O)O)c(C(C)CC)c1.[MgH2]. The Labute approximate surface area is 126 Å². The van der Waals surface area contributed by atoms with Crippen LogP contribution in [-0.2, 0) is 0 Å². The molecule has 0 heterocycles. The molecule has 2 nitrogen and oxygen atoms in total. The van der Waals surface area contributed by atoms with Crippen molar-refractivity contribution < 1.29 is 9.90 Å². The second kappa shape index (κ2) is 7.80. The van der Waals surface area contributed by atoms with Crippen molar-refractivity contribution >= 4 is 29.0 Å². The maximum atomic E-state index is 11.2. The predicted octanol–water partition coefficient (Wildman–Crippen LogP) is 3.50. The van der Waals surface area contributed by atoms with Crippen LogP contribution in [0.25, 0.3) is 0 Å². The highest BCUT2D eigenvalue weighted by Crippen LogP contribution is 2.28. The molecule has 2 unspecified atom stereocenters. The molecule has 0 saturated carbocycles. The normalized spacial score (nSPS) is 13.6. The van der Waals surface area contributed by atoms with E-state index >= 15 is 0 Å². The lowest BCUT2D eigenvalue weighted by Gasteiger charge is -2.17. The summed E-state index contributed by atoms with van der Waals surface area (Å²) < 4.78 is 0. The Hall–Kier alpha value is -0.544. The molecule has 0 aliphatic heterocycles. The van der Waals surface area contributed by atoms with Crippen LogP contribution in [0.1, 0.15) is 73.9 Å². The Morgan fingerprint density at radius 1 is 1.17 bits per heavy atom. The molecule has 0 bridgehead atoms. The average molecular weight is 261 g/mol. The van der Waals surface area contributed by atoms with Crippen molar-refractivity contribution in [1.29, 1.82) is 0 Å². The Balaban J connectivity index is 0.00000289. The molecule has 1 aromatic rings. The zero-order valence-corrected chi connectivity index (χ0v) is 11.2. The van der Waals surface area contributed by atoms with Gasteiger partial charge >= 0.3 is 29.0 Å². The Morgan fingerprint density at radius 2 is 1.72 bits per heavy atom. The van der Waals surface area contributed by atoms with E-state index in [0.717, 1.165) is 18.4 Å². The molecule has 0 spiro atoms. The lowest BCUT2D eigenvalue weighted by Crippen LogP contribution is -2.07. The highest BCUT2D eigenvalue weighted by molar-refractivity contribution is 5.89. The first-order chi connectivity index (χ1) is 8.01. The minimum Gasteiger partial charge on any atom is -0.478 e. The topological polar surface area (TPSA) is 37.3 Å². The first-order valence-electron chi connectivity index (χ1n) is 6.38. The van der Waals surface area contributed by atoms with Gasteiger partial charge in [-0.1, -0.05) is 39.8 Å². The molecule has 3 heteroatoms. The summed E-state index contributed by atoms with van der Waals surface area (Å²) in [5.41, 5.74) is 2.66. The van der Waals surface area contributed by atoms with Crippen LogP contribution in [0.3, 0.4) is 0 Å². The van der Waals surface area contributed by atoms with Gasteiger partial charge < -0.3 is 5.11 Å². The third-order valence-corrected chi connectivity index (χ3v) is 3.63. The Kier molecular flexibility index (Phi) is 7.56. The van der Waals surface area contributed by atoms with Crippen LogP contribution in [0, 0.1) is 0 Å². The van der Waals surface area contributed by atoms with E-state index in [0.29, 0.717) is 17.4 Å². The quantitative estimate of drug-likeness (QED) is 0.823. The number of benzene rings is 1. The predicted molar refractivity (Wildman–Crippen MR) is 79.4 cm³/mol. The summed E-state index contributed by atoms with van der Waals surface area (Å²) in [5, 5.41) is 9.20. The standard InChI is InChI=1S/C15H22O2.Mg.2H/c1-5-10(3)12-7-8-13(15(16)17)14(9-12)11(4)6-2;;;/h7-11H,5-6H2,1-4H3,(H,16,17);;;. The molecule has 1 aromatic carbocycles. The molecule has 18 heavy (non-hydrogen) atoms. The van der Waals surface area contributed by atoms with E-state index in [4.69, 9.17) is 0 Å². The molecule has 0 aliphatic carbocycles. The lowest BCUT2D eigenvalue weighted by molar-refractivity contribution is 0.0695. The van der Waals surface area contributed by atoms with Crippen LogP contribution in [0.5, 0.6) is 0 Å². The number of hydrogen-bond donors (Lipinski definition) is 1. The van der Waals surface area contributed by atoms with Gasteiger partial charge in [0.15, 0.2) is 0 Å². The first-order valence-corrected chi connectivity index (χ1v) is 6.38. The molecule has 0 aromatic heterocycles. The summed E-state index contributed by atoms with van der Waals surface area (Å²) >= 11 is 0. The second-order valence-electron chi connectivity index (χ2n) is 4.77. The summed E-state index contributed by atoms with van der Waals surface area (Å²) in [5.74, 6) is -0.0400. The molecule has 98 valence electrons. The lowest BCUT2D eigenvalue weighted by atomic mass is 9.88. The van der Waals surface area contributed by atoms with Gasteiger partial charge in [0.1, 0.15) is 0 Å². The van der Waals surface area contributed by atoms with E-state index in [9.17, 15) is 9.90 Å². The van der Waals surface area contributed by atoms with E-state index < -0.39 is 5.97 Å². The van der Waals surface area contributed by atoms with Gasteiger partial charge in [0.2, 0.25) is 0 Å². The fourth-order valence-electron chi connectivity index (χ4n) is 1.95. The average Bonchev–Trinajstić information content (AvgIpc) is 2.35. The zero-order valence-electron chi connectivity index (χ0n) is 11.2. The smallest absolute Gasteiger partial charge is 0.335 e. The highest BCUT2D eigenvalue weighted by atomic mass is 24.3. The second-order valence-corrected chi connectivity index (χ2v) is 4.77. The maximum absolute atomic E-state index is 11.2. The number of rotatable bonds is 5. The minimum absolute atomic E-state index is 0. The van der Waals surface area contributed by atoms with Crippen molar-refractivity contribution in [3.63, 3.8) is 0 Å². The van der Waals surface area contributed by atoms with Crippen molar-refractivity contribution in [2.24, 2.45) is 0 Å². The zero-order chi connectivity index (χ0) is 13.0. The number of carbonyl (C=O) groups is 1. The summed E-state index contributed by atoms with van der Waals surface area (Å²) in [4.78, 5) is 11.2. The van der Waals surface area contributed by atoms with Gasteiger partial charge in [-0.2, -0.15) is 0 Å². The van der Waals surface area contributed by atoms with Gasteiger partial charge in [-0.05, 0) is 41.9 Å².